The van der Waals surface area contributed by atoms with E-state index in [1.807, 2.05) is 24.3 Å². The normalized spacial score (nSPS) is 10.9. The van der Waals surface area contributed by atoms with Gasteiger partial charge < -0.3 is 19.1 Å². The number of ether oxygens (including phenoxy) is 3. The summed E-state index contributed by atoms with van der Waals surface area (Å²) in [6, 6.07) is 19.9. The number of carbonyl (C=O) groups is 1. The molecule has 174 valence electrons. The zero-order valence-corrected chi connectivity index (χ0v) is 19.5. The minimum absolute atomic E-state index is 0.0774. The molecule has 0 atom stereocenters. The summed E-state index contributed by atoms with van der Waals surface area (Å²) in [5.41, 5.74) is 1.38. The Balaban J connectivity index is 1.54. The predicted octanol–water partition coefficient (Wildman–Crippen LogP) is 3.54. The molecule has 0 aromatic heterocycles. The molecule has 3 rings (SSSR count). The third-order valence-electron chi connectivity index (χ3n) is 4.84. The topological polar surface area (TPSA) is 94.2 Å². The van der Waals surface area contributed by atoms with E-state index in [1.54, 1.807) is 43.3 Å². The van der Waals surface area contributed by atoms with Crippen molar-refractivity contribution in [3.05, 3.63) is 78.4 Å². The summed E-state index contributed by atoms with van der Waals surface area (Å²) >= 11 is 0. The molecule has 0 spiro atoms. The van der Waals surface area contributed by atoms with E-state index in [0.717, 1.165) is 11.3 Å². The van der Waals surface area contributed by atoms with Crippen LogP contribution in [0.3, 0.4) is 0 Å². The molecule has 1 N–H and O–H groups in total. The summed E-state index contributed by atoms with van der Waals surface area (Å²) in [7, 11) is 1.06. The molecule has 0 aliphatic rings. The van der Waals surface area contributed by atoms with Gasteiger partial charge in [-0.2, -0.15) is 0 Å². The minimum Gasteiger partial charge on any atom is -0.497 e. The number of likely N-dealkylation sites (N-methyl/N-ethyl adjacent to an activating group) is 1. The highest BCUT2D eigenvalue weighted by molar-refractivity contribution is 7.92. The van der Waals surface area contributed by atoms with Crippen LogP contribution in [0, 0.1) is 0 Å². The average Bonchev–Trinajstić information content (AvgIpc) is 2.83. The maximum absolute atomic E-state index is 12.6. The van der Waals surface area contributed by atoms with Crippen LogP contribution in [0.5, 0.6) is 17.2 Å². The van der Waals surface area contributed by atoms with Crippen LogP contribution in [-0.4, -0.2) is 47.1 Å². The van der Waals surface area contributed by atoms with E-state index < -0.39 is 10.0 Å². The lowest BCUT2D eigenvalue weighted by molar-refractivity contribution is -0.132. The van der Waals surface area contributed by atoms with Gasteiger partial charge in [-0.3, -0.25) is 9.52 Å². The van der Waals surface area contributed by atoms with Gasteiger partial charge in [0.15, 0.2) is 6.61 Å². The Hall–Kier alpha value is -3.72. The van der Waals surface area contributed by atoms with Crippen LogP contribution in [0.4, 0.5) is 5.69 Å². The second-order valence-corrected chi connectivity index (χ2v) is 8.87. The van der Waals surface area contributed by atoms with Gasteiger partial charge in [0.25, 0.3) is 15.9 Å². The summed E-state index contributed by atoms with van der Waals surface area (Å²) in [6.45, 7) is 0.267. The SMILES string of the molecule is COc1ccc(CN(C)C(=O)COc2ccc(S(=O)(=O)Nc3ccc(OC)cc3)cc2)cc1. The smallest absolute Gasteiger partial charge is 0.261 e. The van der Waals surface area contributed by atoms with Gasteiger partial charge in [-0.05, 0) is 66.2 Å². The molecule has 8 nitrogen and oxygen atoms in total. The second-order valence-electron chi connectivity index (χ2n) is 7.19. The standard InChI is InChI=1S/C24H26N2O6S/c1-26(16-18-4-8-20(30-2)9-5-18)24(27)17-32-22-12-14-23(15-13-22)33(28,29)25-19-6-10-21(31-3)11-7-19/h4-15,25H,16-17H2,1-3H3. The van der Waals surface area contributed by atoms with Crippen molar-refractivity contribution in [2.24, 2.45) is 0 Å². The number of amides is 1. The molecule has 0 saturated heterocycles. The molecule has 0 unspecified atom stereocenters. The zero-order valence-electron chi connectivity index (χ0n) is 18.6. The molecule has 0 radical (unpaired) electrons. The average molecular weight is 471 g/mol. The van der Waals surface area contributed by atoms with Gasteiger partial charge in [0.05, 0.1) is 19.1 Å². The maximum atomic E-state index is 12.6. The predicted molar refractivity (Wildman–Crippen MR) is 125 cm³/mol. The van der Waals surface area contributed by atoms with Crippen molar-refractivity contribution in [1.29, 1.82) is 0 Å². The number of anilines is 1. The first-order valence-corrected chi connectivity index (χ1v) is 11.6. The molecule has 9 heteroatoms. The van der Waals surface area contributed by atoms with Crippen molar-refractivity contribution in [2.75, 3.05) is 32.6 Å². The lowest BCUT2D eigenvalue weighted by Crippen LogP contribution is -2.30. The van der Waals surface area contributed by atoms with Crippen molar-refractivity contribution in [3.8, 4) is 17.2 Å². The molecule has 33 heavy (non-hydrogen) atoms. The molecule has 3 aromatic carbocycles. The minimum atomic E-state index is -3.76. The lowest BCUT2D eigenvalue weighted by Gasteiger charge is -2.18. The van der Waals surface area contributed by atoms with Gasteiger partial charge in [0.1, 0.15) is 17.2 Å². The monoisotopic (exact) mass is 470 g/mol. The van der Waals surface area contributed by atoms with Crippen LogP contribution < -0.4 is 18.9 Å². The first-order valence-electron chi connectivity index (χ1n) is 10.1. The van der Waals surface area contributed by atoms with Crippen LogP contribution in [0.15, 0.2) is 77.7 Å². The third-order valence-corrected chi connectivity index (χ3v) is 6.24. The Morgan fingerprint density at radius 1 is 0.818 bits per heavy atom. The Kier molecular flexibility index (Phi) is 7.78. The van der Waals surface area contributed by atoms with Gasteiger partial charge in [-0.1, -0.05) is 12.1 Å². The molecular weight excluding hydrogens is 444 g/mol. The summed E-state index contributed by atoms with van der Waals surface area (Å²) in [5.74, 6) is 1.57. The Bertz CT molecular complexity index is 1160. The second kappa shape index (κ2) is 10.7. The number of methoxy groups -OCH3 is 2. The van der Waals surface area contributed by atoms with Crippen LogP contribution in [0.2, 0.25) is 0 Å². The summed E-state index contributed by atoms with van der Waals surface area (Å²) in [6.07, 6.45) is 0. The molecule has 0 bridgehead atoms. The highest BCUT2D eigenvalue weighted by Crippen LogP contribution is 2.21. The number of sulfonamides is 1. The van der Waals surface area contributed by atoms with Crippen LogP contribution in [0.25, 0.3) is 0 Å². The van der Waals surface area contributed by atoms with E-state index in [1.165, 1.54) is 31.4 Å². The van der Waals surface area contributed by atoms with Gasteiger partial charge in [0.2, 0.25) is 0 Å². The molecular formula is C24H26N2O6S. The number of nitrogens with one attached hydrogen (secondary N) is 1. The van der Waals surface area contributed by atoms with Crippen LogP contribution >= 0.6 is 0 Å². The lowest BCUT2D eigenvalue weighted by atomic mass is 10.2. The zero-order chi connectivity index (χ0) is 23.8. The Morgan fingerprint density at radius 3 is 1.88 bits per heavy atom. The van der Waals surface area contributed by atoms with E-state index in [-0.39, 0.29) is 17.4 Å². The maximum Gasteiger partial charge on any atom is 0.261 e. The fraction of sp³-hybridized carbons (Fsp3) is 0.208. The fourth-order valence-electron chi connectivity index (χ4n) is 2.94. The first-order chi connectivity index (χ1) is 15.8. The van der Waals surface area contributed by atoms with Gasteiger partial charge in [-0.25, -0.2) is 8.42 Å². The summed E-state index contributed by atoms with van der Waals surface area (Å²) < 4.78 is 43.4. The molecule has 1 amide bonds. The third kappa shape index (κ3) is 6.63. The number of nitrogens with zero attached hydrogens (tertiary/aromatic N) is 1. The molecule has 0 aliphatic heterocycles. The summed E-state index contributed by atoms with van der Waals surface area (Å²) in [5, 5.41) is 0. The van der Waals surface area contributed by atoms with Crippen LogP contribution in [0.1, 0.15) is 5.56 Å². The Labute approximate surface area is 193 Å². The van der Waals surface area contributed by atoms with Crippen molar-refractivity contribution in [2.45, 2.75) is 11.4 Å². The summed E-state index contributed by atoms with van der Waals surface area (Å²) in [4.78, 5) is 14.0. The van der Waals surface area contributed by atoms with E-state index in [0.29, 0.717) is 23.7 Å². The van der Waals surface area contributed by atoms with E-state index in [4.69, 9.17) is 14.2 Å². The van der Waals surface area contributed by atoms with Crippen molar-refractivity contribution >= 4 is 21.6 Å². The molecule has 0 fully saturated rings. The van der Waals surface area contributed by atoms with Crippen molar-refractivity contribution in [3.63, 3.8) is 0 Å². The van der Waals surface area contributed by atoms with Gasteiger partial charge in [-0.15, -0.1) is 0 Å². The first kappa shape index (κ1) is 23.9. The Morgan fingerprint density at radius 2 is 1.33 bits per heavy atom. The van der Waals surface area contributed by atoms with Crippen molar-refractivity contribution < 1.29 is 27.4 Å². The molecule has 0 heterocycles. The number of benzene rings is 3. The van der Waals surface area contributed by atoms with Gasteiger partial charge in [0, 0.05) is 19.3 Å². The molecule has 0 aliphatic carbocycles. The highest BCUT2D eigenvalue weighted by atomic mass is 32.2. The van der Waals surface area contributed by atoms with Gasteiger partial charge >= 0.3 is 0 Å². The fourth-order valence-corrected chi connectivity index (χ4v) is 4.00. The van der Waals surface area contributed by atoms with E-state index in [9.17, 15) is 13.2 Å². The van der Waals surface area contributed by atoms with Crippen molar-refractivity contribution in [1.82, 2.24) is 4.90 Å². The van der Waals surface area contributed by atoms with E-state index in [2.05, 4.69) is 4.72 Å². The number of rotatable bonds is 10. The van der Waals surface area contributed by atoms with Crippen LogP contribution in [-0.2, 0) is 21.4 Å². The van der Waals surface area contributed by atoms with E-state index >= 15 is 0 Å². The quantitative estimate of drug-likeness (QED) is 0.487. The molecule has 0 saturated carbocycles. The highest BCUT2D eigenvalue weighted by Gasteiger charge is 2.15. The number of carbonyl (C=O) groups excluding carboxylic acids is 1. The largest absolute Gasteiger partial charge is 0.497 e. The number of hydrogen-bond acceptors (Lipinski definition) is 6. The number of hydrogen-bond donors (Lipinski definition) is 1. The molecule has 3 aromatic rings.